The third kappa shape index (κ3) is 5.28. The van der Waals surface area contributed by atoms with Crippen LogP contribution in [0.3, 0.4) is 0 Å². The number of carbonyl (C=O) groups excluding carboxylic acids is 1. The van der Waals surface area contributed by atoms with Crippen molar-refractivity contribution in [3.63, 3.8) is 0 Å². The van der Waals surface area contributed by atoms with E-state index in [9.17, 15) is 18.0 Å². The number of benzene rings is 1. The van der Waals surface area contributed by atoms with E-state index in [1.165, 1.54) is 29.2 Å². The van der Waals surface area contributed by atoms with Crippen LogP contribution in [-0.4, -0.2) is 59.5 Å². The number of hydrogen-bond donors (Lipinski definition) is 1. The maximum atomic E-state index is 12.9. The normalized spacial score (nSPS) is 15.0. The highest BCUT2D eigenvalue weighted by atomic mass is 32.2. The highest BCUT2D eigenvalue weighted by Gasteiger charge is 2.31. The molecule has 11 heteroatoms. The summed E-state index contributed by atoms with van der Waals surface area (Å²) in [5, 5.41) is 11.8. The largest absolute Gasteiger partial charge is 0.416 e. The van der Waals surface area contributed by atoms with Crippen LogP contribution in [-0.2, 0) is 11.0 Å². The molecule has 1 amide bonds. The highest BCUT2D eigenvalue weighted by Crippen LogP contribution is 2.32. The fraction of sp³-hybridized carbons (Fsp3) is 0.471. The summed E-state index contributed by atoms with van der Waals surface area (Å²) in [7, 11) is 0. The molecule has 1 aliphatic heterocycles. The molecule has 0 atom stereocenters. The van der Waals surface area contributed by atoms with Gasteiger partial charge >= 0.3 is 6.18 Å². The van der Waals surface area contributed by atoms with Crippen LogP contribution in [0.5, 0.6) is 0 Å². The number of amides is 1. The number of hydrogen-bond acceptors (Lipinski definition) is 7. The van der Waals surface area contributed by atoms with Gasteiger partial charge in [0.05, 0.1) is 11.3 Å². The molecule has 2 aromatic rings. The molecule has 0 radical (unpaired) electrons. The van der Waals surface area contributed by atoms with Gasteiger partial charge in [0.15, 0.2) is 4.34 Å². The van der Waals surface area contributed by atoms with Gasteiger partial charge in [-0.15, -0.1) is 10.2 Å². The molecule has 2 heterocycles. The zero-order valence-corrected chi connectivity index (χ0v) is 16.8. The summed E-state index contributed by atoms with van der Waals surface area (Å²) in [5.74, 6) is 0.263. The Kier molecular flexibility index (Phi) is 6.65. The first-order valence-corrected chi connectivity index (χ1v) is 10.6. The topological polar surface area (TPSA) is 61.4 Å². The number of carbonyl (C=O) groups is 1. The van der Waals surface area contributed by atoms with Crippen molar-refractivity contribution in [3.8, 4) is 0 Å². The fourth-order valence-corrected chi connectivity index (χ4v) is 4.52. The van der Waals surface area contributed by atoms with E-state index in [0.29, 0.717) is 31.9 Å². The third-order valence-electron chi connectivity index (χ3n) is 4.22. The number of thioether (sulfide) groups is 1. The van der Waals surface area contributed by atoms with Crippen LogP contribution in [0.4, 0.5) is 24.0 Å². The summed E-state index contributed by atoms with van der Waals surface area (Å²) in [6, 6.07) is 5.30. The Bertz CT molecular complexity index is 806. The molecule has 0 spiro atoms. The second-order valence-corrected chi connectivity index (χ2v) is 8.31. The molecule has 28 heavy (non-hydrogen) atoms. The lowest BCUT2D eigenvalue weighted by molar-refractivity contribution is -0.137. The standard InChI is InChI=1S/C17H20F3N5OS2/c1-2-21-15-22-23-16(28-15)27-11-14(26)25-8-6-24(7-9-25)13-5-3-4-12(10-13)17(18,19)20/h3-5,10H,2,6-9,11H2,1H3,(H,21,22). The van der Waals surface area contributed by atoms with Gasteiger partial charge < -0.3 is 15.1 Å². The van der Waals surface area contributed by atoms with Gasteiger partial charge in [0.1, 0.15) is 0 Å². The molecule has 0 saturated carbocycles. The van der Waals surface area contributed by atoms with Crippen molar-refractivity contribution < 1.29 is 18.0 Å². The van der Waals surface area contributed by atoms with Gasteiger partial charge in [-0.1, -0.05) is 29.2 Å². The van der Waals surface area contributed by atoms with Gasteiger partial charge in [-0.25, -0.2) is 0 Å². The molecule has 3 rings (SSSR count). The number of alkyl halides is 3. The molecule has 1 aromatic carbocycles. The average molecular weight is 432 g/mol. The summed E-state index contributed by atoms with van der Waals surface area (Å²) in [6.07, 6.45) is -4.36. The maximum Gasteiger partial charge on any atom is 0.416 e. The Labute approximate surface area is 169 Å². The Morgan fingerprint density at radius 1 is 1.25 bits per heavy atom. The summed E-state index contributed by atoms with van der Waals surface area (Å²) in [5.41, 5.74) is -0.130. The van der Waals surface area contributed by atoms with Crippen LogP contribution in [0.25, 0.3) is 0 Å². The summed E-state index contributed by atoms with van der Waals surface area (Å²) in [4.78, 5) is 16.0. The molecular formula is C17H20F3N5OS2. The minimum Gasteiger partial charge on any atom is -0.368 e. The van der Waals surface area contributed by atoms with Crippen LogP contribution < -0.4 is 10.2 Å². The number of aromatic nitrogens is 2. The van der Waals surface area contributed by atoms with Crippen molar-refractivity contribution in [1.82, 2.24) is 15.1 Å². The van der Waals surface area contributed by atoms with E-state index in [4.69, 9.17) is 0 Å². The minimum absolute atomic E-state index is 0.00565. The molecule has 6 nitrogen and oxygen atoms in total. The number of rotatable bonds is 6. The van der Waals surface area contributed by atoms with E-state index in [0.717, 1.165) is 28.1 Å². The third-order valence-corrected chi connectivity index (χ3v) is 6.22. The number of nitrogens with one attached hydrogen (secondary N) is 1. The highest BCUT2D eigenvalue weighted by molar-refractivity contribution is 8.01. The Morgan fingerprint density at radius 2 is 2.00 bits per heavy atom. The van der Waals surface area contributed by atoms with E-state index in [1.807, 2.05) is 11.8 Å². The van der Waals surface area contributed by atoms with E-state index in [2.05, 4.69) is 15.5 Å². The molecule has 1 aliphatic rings. The molecule has 0 bridgehead atoms. The average Bonchev–Trinajstić information content (AvgIpc) is 3.13. The van der Waals surface area contributed by atoms with E-state index in [-0.39, 0.29) is 11.7 Å². The van der Waals surface area contributed by atoms with Crippen molar-refractivity contribution in [1.29, 1.82) is 0 Å². The van der Waals surface area contributed by atoms with E-state index >= 15 is 0 Å². The van der Waals surface area contributed by atoms with Crippen molar-refractivity contribution in [3.05, 3.63) is 29.8 Å². The summed E-state index contributed by atoms with van der Waals surface area (Å²) >= 11 is 2.75. The van der Waals surface area contributed by atoms with Gasteiger partial charge in [0.2, 0.25) is 11.0 Å². The molecule has 1 fully saturated rings. The van der Waals surface area contributed by atoms with Gasteiger partial charge in [0.25, 0.3) is 0 Å². The number of nitrogens with zero attached hydrogens (tertiary/aromatic N) is 4. The molecule has 0 unspecified atom stereocenters. The first kappa shape index (κ1) is 20.7. The lowest BCUT2D eigenvalue weighted by atomic mass is 10.1. The molecule has 152 valence electrons. The van der Waals surface area contributed by atoms with Crippen molar-refractivity contribution in [2.45, 2.75) is 17.4 Å². The van der Waals surface area contributed by atoms with Crippen molar-refractivity contribution >= 4 is 39.8 Å². The molecule has 1 N–H and O–H groups in total. The molecule has 1 aromatic heterocycles. The second-order valence-electron chi connectivity index (χ2n) is 6.11. The number of halogens is 3. The van der Waals surface area contributed by atoms with Crippen LogP contribution in [0.2, 0.25) is 0 Å². The lowest BCUT2D eigenvalue weighted by Crippen LogP contribution is -2.49. The van der Waals surface area contributed by atoms with Crippen LogP contribution in [0.15, 0.2) is 28.6 Å². The first-order valence-electron chi connectivity index (χ1n) is 8.77. The van der Waals surface area contributed by atoms with Gasteiger partial charge in [-0.05, 0) is 25.1 Å². The Hall–Kier alpha value is -2.01. The van der Waals surface area contributed by atoms with Gasteiger partial charge in [-0.2, -0.15) is 13.2 Å². The van der Waals surface area contributed by atoms with Crippen LogP contribution in [0, 0.1) is 0 Å². The number of piperazine rings is 1. The Morgan fingerprint density at radius 3 is 2.68 bits per heavy atom. The van der Waals surface area contributed by atoms with E-state index in [1.54, 1.807) is 11.0 Å². The fourth-order valence-electron chi connectivity index (χ4n) is 2.80. The van der Waals surface area contributed by atoms with Gasteiger partial charge in [0, 0.05) is 38.4 Å². The van der Waals surface area contributed by atoms with E-state index < -0.39 is 11.7 Å². The van der Waals surface area contributed by atoms with Crippen LogP contribution >= 0.6 is 23.1 Å². The zero-order valence-electron chi connectivity index (χ0n) is 15.2. The monoisotopic (exact) mass is 431 g/mol. The quantitative estimate of drug-likeness (QED) is 0.708. The lowest BCUT2D eigenvalue weighted by Gasteiger charge is -2.36. The zero-order chi connectivity index (χ0) is 20.1. The predicted molar refractivity (Wildman–Crippen MR) is 105 cm³/mol. The molecule has 0 aliphatic carbocycles. The molecular weight excluding hydrogens is 411 g/mol. The minimum atomic E-state index is -4.36. The van der Waals surface area contributed by atoms with Crippen molar-refractivity contribution in [2.75, 3.05) is 48.7 Å². The summed E-state index contributed by atoms with van der Waals surface area (Å²) < 4.78 is 39.4. The summed E-state index contributed by atoms with van der Waals surface area (Å²) in [6.45, 7) is 4.69. The van der Waals surface area contributed by atoms with Gasteiger partial charge in [-0.3, -0.25) is 4.79 Å². The first-order chi connectivity index (χ1) is 13.4. The van der Waals surface area contributed by atoms with Crippen molar-refractivity contribution in [2.24, 2.45) is 0 Å². The predicted octanol–water partition coefficient (Wildman–Crippen LogP) is 3.43. The van der Waals surface area contributed by atoms with Crippen LogP contribution in [0.1, 0.15) is 12.5 Å². The SMILES string of the molecule is CCNc1nnc(SCC(=O)N2CCN(c3cccc(C(F)(F)F)c3)CC2)s1. The Balaban J connectivity index is 1.50. The smallest absolute Gasteiger partial charge is 0.368 e. The maximum absolute atomic E-state index is 12.9. The number of anilines is 2. The second kappa shape index (κ2) is 8.99. The molecule has 1 saturated heterocycles.